The predicted octanol–water partition coefficient (Wildman–Crippen LogP) is 4.61. The number of anilines is 1. The highest BCUT2D eigenvalue weighted by Crippen LogP contribution is 2.38. The lowest BCUT2D eigenvalue weighted by Crippen LogP contribution is -2.13. The van der Waals surface area contributed by atoms with Crippen molar-refractivity contribution in [2.45, 2.75) is 0 Å². The number of amides is 1. The Morgan fingerprint density at radius 2 is 1.76 bits per heavy atom. The fourth-order valence-corrected chi connectivity index (χ4v) is 2.35. The third kappa shape index (κ3) is 3.35. The first-order valence-corrected chi connectivity index (χ1v) is 6.89. The highest BCUT2D eigenvalue weighted by Gasteiger charge is 2.21. The summed E-state index contributed by atoms with van der Waals surface area (Å²) in [4.78, 5) is 12.2. The van der Waals surface area contributed by atoms with Crippen LogP contribution in [0.5, 0.6) is 11.5 Å². The second-order valence-corrected chi connectivity index (χ2v) is 5.25. The first kappa shape index (κ1) is 15.8. The van der Waals surface area contributed by atoms with E-state index in [0.717, 1.165) is 0 Å². The summed E-state index contributed by atoms with van der Waals surface area (Å²) < 4.78 is 5.02. The van der Waals surface area contributed by atoms with Crippen LogP contribution in [0, 0.1) is 0 Å². The topological polar surface area (TPSA) is 58.6 Å². The van der Waals surface area contributed by atoms with Crippen molar-refractivity contribution in [1.29, 1.82) is 0 Å². The molecule has 0 aromatic heterocycles. The molecule has 0 spiro atoms. The fraction of sp³-hybridized carbons (Fsp3) is 0.0714. The summed E-state index contributed by atoms with van der Waals surface area (Å²) in [6, 6.07) is 7.93. The highest BCUT2D eigenvalue weighted by atomic mass is 35.5. The lowest BCUT2D eigenvalue weighted by atomic mass is 10.1. The number of halogens is 3. The first-order valence-electron chi connectivity index (χ1n) is 5.76. The zero-order valence-electron chi connectivity index (χ0n) is 10.8. The maximum atomic E-state index is 12.2. The summed E-state index contributed by atoms with van der Waals surface area (Å²) >= 11 is 17.6. The molecule has 2 aromatic carbocycles. The van der Waals surface area contributed by atoms with Gasteiger partial charge in [0, 0.05) is 5.69 Å². The Hall–Kier alpha value is -1.62. The molecule has 0 radical (unpaired) electrons. The summed E-state index contributed by atoms with van der Waals surface area (Å²) in [7, 11) is 1.54. The van der Waals surface area contributed by atoms with Crippen LogP contribution >= 0.6 is 34.8 Å². The van der Waals surface area contributed by atoms with Gasteiger partial charge in [-0.25, -0.2) is 0 Å². The van der Waals surface area contributed by atoms with Gasteiger partial charge in [0.25, 0.3) is 5.91 Å². The molecule has 0 unspecified atom stereocenters. The van der Waals surface area contributed by atoms with Crippen LogP contribution in [0.25, 0.3) is 0 Å². The summed E-state index contributed by atoms with van der Waals surface area (Å²) in [6.45, 7) is 0. The number of carbonyl (C=O) groups is 1. The van der Waals surface area contributed by atoms with Crippen LogP contribution in [0.3, 0.4) is 0 Å². The van der Waals surface area contributed by atoms with E-state index in [-0.39, 0.29) is 20.6 Å². The maximum absolute atomic E-state index is 12.2. The summed E-state index contributed by atoms with van der Waals surface area (Å²) in [6.07, 6.45) is 0. The molecule has 21 heavy (non-hydrogen) atoms. The average molecular weight is 347 g/mol. The standard InChI is InChI=1S/C14H10Cl3NO3/c1-21-8-4-2-7(3-5-8)18-14(20)11-12(17)9(15)6-10(16)13(11)19/h2-6,19H,1H3,(H,18,20). The van der Waals surface area contributed by atoms with Crippen LogP contribution in [0.1, 0.15) is 10.4 Å². The minimum absolute atomic E-state index is 0.0516. The zero-order valence-corrected chi connectivity index (χ0v) is 13.1. The van der Waals surface area contributed by atoms with Gasteiger partial charge in [-0.3, -0.25) is 4.79 Å². The van der Waals surface area contributed by atoms with E-state index in [9.17, 15) is 9.90 Å². The Bertz CT molecular complexity index is 661. The van der Waals surface area contributed by atoms with Crippen molar-refractivity contribution in [3.05, 3.63) is 51.0 Å². The van der Waals surface area contributed by atoms with Crippen molar-refractivity contribution in [3.8, 4) is 11.5 Å². The maximum Gasteiger partial charge on any atom is 0.261 e. The molecular weight excluding hydrogens is 337 g/mol. The van der Waals surface area contributed by atoms with Crippen LogP contribution in [-0.2, 0) is 0 Å². The van der Waals surface area contributed by atoms with Crippen molar-refractivity contribution in [1.82, 2.24) is 0 Å². The molecule has 110 valence electrons. The van der Waals surface area contributed by atoms with Gasteiger partial charge in [0.1, 0.15) is 17.1 Å². The molecule has 2 aromatic rings. The van der Waals surface area contributed by atoms with Crippen LogP contribution in [0.2, 0.25) is 15.1 Å². The van der Waals surface area contributed by atoms with Crippen molar-refractivity contribution >= 4 is 46.4 Å². The first-order chi connectivity index (χ1) is 9.93. The molecule has 0 saturated heterocycles. The van der Waals surface area contributed by atoms with E-state index in [2.05, 4.69) is 5.32 Å². The lowest BCUT2D eigenvalue weighted by Gasteiger charge is -2.11. The molecule has 0 atom stereocenters. The largest absolute Gasteiger partial charge is 0.505 e. The minimum Gasteiger partial charge on any atom is -0.505 e. The normalized spacial score (nSPS) is 10.3. The molecule has 0 aliphatic carbocycles. The van der Waals surface area contributed by atoms with Gasteiger partial charge in [0.15, 0.2) is 0 Å². The predicted molar refractivity (Wildman–Crippen MR) is 84.1 cm³/mol. The number of ether oxygens (including phenoxy) is 1. The summed E-state index contributed by atoms with van der Waals surface area (Å²) in [5.41, 5.74) is 0.331. The van der Waals surface area contributed by atoms with Gasteiger partial charge in [-0.2, -0.15) is 0 Å². The van der Waals surface area contributed by atoms with Gasteiger partial charge in [0.2, 0.25) is 0 Å². The third-order valence-corrected chi connectivity index (χ3v) is 3.80. The Morgan fingerprint density at radius 1 is 1.14 bits per heavy atom. The van der Waals surface area contributed by atoms with Crippen molar-refractivity contribution in [3.63, 3.8) is 0 Å². The number of phenolic OH excluding ortho intramolecular Hbond substituents is 1. The highest BCUT2D eigenvalue weighted by molar-refractivity contribution is 6.46. The van der Waals surface area contributed by atoms with Crippen LogP contribution in [0.4, 0.5) is 5.69 Å². The molecule has 1 amide bonds. The van der Waals surface area contributed by atoms with Gasteiger partial charge in [0.05, 0.1) is 22.2 Å². The molecule has 7 heteroatoms. The average Bonchev–Trinajstić information content (AvgIpc) is 2.46. The van der Waals surface area contributed by atoms with Crippen molar-refractivity contribution in [2.75, 3.05) is 12.4 Å². The molecule has 0 heterocycles. The van der Waals surface area contributed by atoms with Gasteiger partial charge in [-0.05, 0) is 30.3 Å². The Balaban J connectivity index is 2.32. The quantitative estimate of drug-likeness (QED) is 0.798. The van der Waals surface area contributed by atoms with E-state index in [4.69, 9.17) is 39.5 Å². The SMILES string of the molecule is COc1ccc(NC(=O)c2c(O)c(Cl)cc(Cl)c2Cl)cc1. The number of nitrogens with one attached hydrogen (secondary N) is 1. The van der Waals surface area contributed by atoms with Gasteiger partial charge < -0.3 is 15.2 Å². The smallest absolute Gasteiger partial charge is 0.261 e. The number of methoxy groups -OCH3 is 1. The van der Waals surface area contributed by atoms with Crippen LogP contribution < -0.4 is 10.1 Å². The third-order valence-electron chi connectivity index (χ3n) is 2.72. The molecule has 0 aliphatic heterocycles. The van der Waals surface area contributed by atoms with Gasteiger partial charge in [-0.1, -0.05) is 34.8 Å². The van der Waals surface area contributed by atoms with Crippen LogP contribution in [-0.4, -0.2) is 18.1 Å². The molecule has 0 fully saturated rings. The number of hydrogen-bond donors (Lipinski definition) is 2. The van der Waals surface area contributed by atoms with E-state index < -0.39 is 11.7 Å². The molecule has 0 aliphatic rings. The molecular formula is C14H10Cl3NO3. The number of hydrogen-bond acceptors (Lipinski definition) is 3. The monoisotopic (exact) mass is 345 g/mol. The summed E-state index contributed by atoms with van der Waals surface area (Å²) in [5, 5.41) is 12.4. The number of carbonyl (C=O) groups excluding carboxylic acids is 1. The molecule has 2 N–H and O–H groups in total. The van der Waals surface area contributed by atoms with Gasteiger partial charge in [-0.15, -0.1) is 0 Å². The molecule has 4 nitrogen and oxygen atoms in total. The summed E-state index contributed by atoms with van der Waals surface area (Å²) in [5.74, 6) is -0.385. The lowest BCUT2D eigenvalue weighted by molar-refractivity contribution is 0.102. The number of benzene rings is 2. The van der Waals surface area contributed by atoms with E-state index in [1.165, 1.54) is 6.07 Å². The van der Waals surface area contributed by atoms with Gasteiger partial charge >= 0.3 is 0 Å². The van der Waals surface area contributed by atoms with Crippen LogP contribution in [0.15, 0.2) is 30.3 Å². The molecule has 0 saturated carbocycles. The number of phenols is 1. The number of aromatic hydroxyl groups is 1. The minimum atomic E-state index is -0.618. The van der Waals surface area contributed by atoms with E-state index in [1.54, 1.807) is 31.4 Å². The Morgan fingerprint density at radius 3 is 2.33 bits per heavy atom. The van der Waals surface area contributed by atoms with Crippen molar-refractivity contribution < 1.29 is 14.6 Å². The second-order valence-electron chi connectivity index (χ2n) is 4.06. The Labute approximate surface area is 136 Å². The number of rotatable bonds is 3. The molecule has 0 bridgehead atoms. The van der Waals surface area contributed by atoms with E-state index in [0.29, 0.717) is 11.4 Å². The van der Waals surface area contributed by atoms with E-state index in [1.807, 2.05) is 0 Å². The molecule has 2 rings (SSSR count). The Kier molecular flexibility index (Phi) is 4.83. The van der Waals surface area contributed by atoms with Crippen molar-refractivity contribution in [2.24, 2.45) is 0 Å². The second kappa shape index (κ2) is 6.43. The zero-order chi connectivity index (χ0) is 15.6. The van der Waals surface area contributed by atoms with E-state index >= 15 is 0 Å². The fourth-order valence-electron chi connectivity index (χ4n) is 1.66.